The van der Waals surface area contributed by atoms with E-state index < -0.39 is 21.1 Å². The molecule has 9 nitrogen and oxygen atoms in total. The van der Waals surface area contributed by atoms with Crippen LogP contribution in [0.1, 0.15) is 27.2 Å². The molecule has 0 aliphatic heterocycles. The maximum atomic E-state index is 12.6. The third kappa shape index (κ3) is 3.03. The molecule has 25 heavy (non-hydrogen) atoms. The smallest absolute Gasteiger partial charge is 0.299 e. The number of nitrogens with zero attached hydrogens (tertiary/aromatic N) is 4. The minimum atomic E-state index is -4.21. The number of nitrogens with one attached hydrogen (secondary N) is 1. The van der Waals surface area contributed by atoms with Crippen LogP contribution in [0.2, 0.25) is 0 Å². The molecule has 2 aromatic heterocycles. The first-order valence-corrected chi connectivity index (χ1v) is 8.72. The number of aromatic carboxylic acids is 1. The lowest BCUT2D eigenvalue weighted by Crippen LogP contribution is -2.26. The summed E-state index contributed by atoms with van der Waals surface area (Å²) in [6.45, 7) is 5.09. The molecule has 1 aromatic carbocycles. The van der Waals surface area contributed by atoms with Crippen LogP contribution in [0.3, 0.4) is 0 Å². The van der Waals surface area contributed by atoms with Crippen LogP contribution >= 0.6 is 0 Å². The quantitative estimate of drug-likeness (QED) is 0.704. The first-order valence-electron chi connectivity index (χ1n) is 7.23. The normalized spacial score (nSPS) is 11.6. The number of sulfonamides is 1. The fourth-order valence-corrected chi connectivity index (χ4v) is 3.28. The van der Waals surface area contributed by atoms with Gasteiger partial charge in [-0.3, -0.25) is 4.72 Å². The van der Waals surface area contributed by atoms with Gasteiger partial charge in [-0.2, -0.15) is 13.4 Å². The number of hydrogen-bond donors (Lipinski definition) is 1. The summed E-state index contributed by atoms with van der Waals surface area (Å²) >= 11 is 0. The van der Waals surface area contributed by atoms with Crippen LogP contribution in [0, 0.1) is 20.8 Å². The summed E-state index contributed by atoms with van der Waals surface area (Å²) in [5, 5.41) is 14.7. The molecule has 0 unspecified atom stereocenters. The Hall–Kier alpha value is -3.01. The maximum Gasteiger partial charge on any atom is 0.299 e. The molecule has 0 saturated carbocycles. The first kappa shape index (κ1) is 16.8. The molecule has 0 spiro atoms. The number of carbonyl (C=O) groups excluding carboxylic acids is 1. The van der Waals surface area contributed by atoms with Gasteiger partial charge in [-0.15, -0.1) is 5.10 Å². The van der Waals surface area contributed by atoms with Crippen LogP contribution in [0.25, 0.3) is 5.78 Å². The Morgan fingerprint density at radius 3 is 2.56 bits per heavy atom. The Labute approximate surface area is 143 Å². The second-order valence-corrected chi connectivity index (χ2v) is 7.11. The molecule has 130 valence electrons. The molecular formula is C15H14N5O4S-. The predicted octanol–water partition coefficient (Wildman–Crippen LogP) is 0.214. The predicted molar refractivity (Wildman–Crippen MR) is 86.6 cm³/mol. The van der Waals surface area contributed by atoms with Crippen molar-refractivity contribution in [2.24, 2.45) is 0 Å². The number of carboxylic acid groups (broad SMARTS) is 1. The van der Waals surface area contributed by atoms with Crippen LogP contribution in [0.5, 0.6) is 0 Å². The van der Waals surface area contributed by atoms with Crippen molar-refractivity contribution in [1.82, 2.24) is 19.6 Å². The Bertz CT molecular complexity index is 1100. The SMILES string of the molecule is Cc1ccn2nc(S(=O)(=O)Nc3c(C(=O)[O-])ccc(C)c3C)nc2n1. The van der Waals surface area contributed by atoms with Crippen LogP contribution in [0.4, 0.5) is 5.69 Å². The monoisotopic (exact) mass is 360 g/mol. The Morgan fingerprint density at radius 1 is 1.16 bits per heavy atom. The van der Waals surface area contributed by atoms with Gasteiger partial charge < -0.3 is 9.90 Å². The van der Waals surface area contributed by atoms with Gasteiger partial charge in [0.1, 0.15) is 0 Å². The third-order valence-electron chi connectivity index (χ3n) is 3.76. The van der Waals surface area contributed by atoms with E-state index in [0.717, 1.165) is 5.56 Å². The Morgan fingerprint density at radius 2 is 1.88 bits per heavy atom. The number of fused-ring (bicyclic) bond motifs is 1. The van der Waals surface area contributed by atoms with Crippen molar-refractivity contribution >= 4 is 27.5 Å². The van der Waals surface area contributed by atoms with E-state index in [4.69, 9.17) is 0 Å². The maximum absolute atomic E-state index is 12.6. The number of rotatable bonds is 4. The van der Waals surface area contributed by atoms with Crippen molar-refractivity contribution < 1.29 is 18.3 Å². The van der Waals surface area contributed by atoms with Crippen molar-refractivity contribution in [3.63, 3.8) is 0 Å². The molecule has 0 aliphatic carbocycles. The van der Waals surface area contributed by atoms with Gasteiger partial charge in [0.15, 0.2) is 0 Å². The molecule has 0 bridgehead atoms. The molecule has 0 fully saturated rings. The Balaban J connectivity index is 2.10. The lowest BCUT2D eigenvalue weighted by Gasteiger charge is -2.16. The fraction of sp³-hybridized carbons (Fsp3) is 0.200. The van der Waals surface area contributed by atoms with Gasteiger partial charge >= 0.3 is 0 Å². The molecule has 0 radical (unpaired) electrons. The largest absolute Gasteiger partial charge is 0.545 e. The summed E-state index contributed by atoms with van der Waals surface area (Å²) in [5.41, 5.74) is 1.53. The lowest BCUT2D eigenvalue weighted by atomic mass is 10.0. The van der Waals surface area contributed by atoms with E-state index >= 15 is 0 Å². The van der Waals surface area contributed by atoms with Gasteiger partial charge in [-0.05, 0) is 38.0 Å². The lowest BCUT2D eigenvalue weighted by molar-refractivity contribution is -0.254. The van der Waals surface area contributed by atoms with E-state index in [0.29, 0.717) is 11.3 Å². The fourth-order valence-electron chi connectivity index (χ4n) is 2.26. The summed E-state index contributed by atoms with van der Waals surface area (Å²) in [6.07, 6.45) is 1.54. The number of carbonyl (C=O) groups is 1. The summed E-state index contributed by atoms with van der Waals surface area (Å²) < 4.78 is 28.7. The minimum Gasteiger partial charge on any atom is -0.545 e. The highest BCUT2D eigenvalue weighted by Gasteiger charge is 2.24. The highest BCUT2D eigenvalue weighted by molar-refractivity contribution is 7.92. The van der Waals surface area contributed by atoms with E-state index in [1.807, 2.05) is 0 Å². The zero-order valence-electron chi connectivity index (χ0n) is 13.6. The van der Waals surface area contributed by atoms with Gasteiger partial charge in [-0.25, -0.2) is 9.50 Å². The molecule has 0 saturated heterocycles. The Kier molecular flexibility index (Phi) is 3.91. The summed E-state index contributed by atoms with van der Waals surface area (Å²) in [7, 11) is -4.21. The molecule has 3 aromatic rings. The van der Waals surface area contributed by atoms with E-state index in [1.165, 1.54) is 16.8 Å². The van der Waals surface area contributed by atoms with E-state index in [1.54, 1.807) is 32.9 Å². The first-order chi connectivity index (χ1) is 11.7. The molecule has 10 heteroatoms. The number of carboxylic acids is 1. The van der Waals surface area contributed by atoms with E-state index in [9.17, 15) is 18.3 Å². The van der Waals surface area contributed by atoms with Crippen molar-refractivity contribution in [2.75, 3.05) is 4.72 Å². The van der Waals surface area contributed by atoms with Gasteiger partial charge in [0.25, 0.3) is 21.0 Å². The standard InChI is InChI=1S/C15H15N5O4S/c1-8-4-5-11(13(21)22)12(10(8)3)19-25(23,24)15-17-14-16-9(2)6-7-20(14)18-15/h4-7,19H,1-3H3,(H,21,22)/p-1. The van der Waals surface area contributed by atoms with E-state index in [-0.39, 0.29) is 17.0 Å². The molecular weight excluding hydrogens is 346 g/mol. The van der Waals surface area contributed by atoms with Crippen molar-refractivity contribution in [2.45, 2.75) is 25.9 Å². The molecule has 0 atom stereocenters. The molecule has 3 rings (SSSR count). The average molecular weight is 360 g/mol. The van der Waals surface area contributed by atoms with Gasteiger partial charge in [-0.1, -0.05) is 12.1 Å². The topological polar surface area (TPSA) is 129 Å². The highest BCUT2D eigenvalue weighted by atomic mass is 32.2. The minimum absolute atomic E-state index is 0.0667. The van der Waals surface area contributed by atoms with Gasteiger partial charge in [0, 0.05) is 17.5 Å². The van der Waals surface area contributed by atoms with Gasteiger partial charge in [0.2, 0.25) is 0 Å². The van der Waals surface area contributed by atoms with E-state index in [2.05, 4.69) is 19.8 Å². The number of aryl methyl sites for hydroxylation is 2. The number of aromatic nitrogens is 4. The highest BCUT2D eigenvalue weighted by Crippen LogP contribution is 2.26. The molecule has 0 aliphatic rings. The summed E-state index contributed by atoms with van der Waals surface area (Å²) in [4.78, 5) is 19.3. The zero-order chi connectivity index (χ0) is 18.4. The van der Waals surface area contributed by atoms with Gasteiger partial charge in [0.05, 0.1) is 11.7 Å². The number of anilines is 1. The van der Waals surface area contributed by atoms with Crippen molar-refractivity contribution in [3.05, 3.63) is 46.8 Å². The molecule has 1 N–H and O–H groups in total. The number of hydrogen-bond acceptors (Lipinski definition) is 7. The van der Waals surface area contributed by atoms with Crippen LogP contribution in [-0.4, -0.2) is 34.0 Å². The van der Waals surface area contributed by atoms with Crippen LogP contribution in [-0.2, 0) is 10.0 Å². The average Bonchev–Trinajstić information content (AvgIpc) is 2.95. The second-order valence-electron chi connectivity index (χ2n) is 5.53. The third-order valence-corrected chi connectivity index (χ3v) is 4.89. The summed E-state index contributed by atoms with van der Waals surface area (Å²) in [5.74, 6) is -1.36. The summed E-state index contributed by atoms with van der Waals surface area (Å²) in [6, 6.07) is 4.52. The van der Waals surface area contributed by atoms with Crippen molar-refractivity contribution in [3.8, 4) is 0 Å². The number of benzene rings is 1. The van der Waals surface area contributed by atoms with Crippen molar-refractivity contribution in [1.29, 1.82) is 0 Å². The van der Waals surface area contributed by atoms with Crippen LogP contribution < -0.4 is 9.83 Å². The zero-order valence-corrected chi connectivity index (χ0v) is 14.5. The molecule has 2 heterocycles. The molecule has 0 amide bonds. The second kappa shape index (κ2) is 5.81. The van der Waals surface area contributed by atoms with Crippen LogP contribution in [0.15, 0.2) is 29.6 Å².